The van der Waals surface area contributed by atoms with E-state index >= 15 is 0 Å². The third-order valence-corrected chi connectivity index (χ3v) is 3.31. The Kier molecular flexibility index (Phi) is 5.48. The van der Waals surface area contributed by atoms with Gasteiger partial charge in [0.2, 0.25) is 5.91 Å². The van der Waals surface area contributed by atoms with Gasteiger partial charge >= 0.3 is 0 Å². The topological polar surface area (TPSA) is 117 Å². The van der Waals surface area contributed by atoms with Crippen LogP contribution in [0.25, 0.3) is 0 Å². The van der Waals surface area contributed by atoms with E-state index in [1.54, 1.807) is 14.0 Å². The minimum Gasteiger partial charge on any atom is -0.493 e. The standard InChI is InChI=1S/C13H19N3O5/c1-13(15-2,12(14)17)6-7-21-11-8-9(16(18)19)4-5-10(11)20-3/h4-5,8,15H,6-7H2,1-3H3,(H2,14,17). The lowest BCUT2D eigenvalue weighted by Crippen LogP contribution is -2.52. The number of ether oxygens (including phenoxy) is 2. The van der Waals surface area contributed by atoms with E-state index in [1.807, 2.05) is 0 Å². The van der Waals surface area contributed by atoms with Crippen molar-refractivity contribution in [3.63, 3.8) is 0 Å². The number of rotatable bonds is 8. The zero-order valence-electron chi connectivity index (χ0n) is 12.2. The van der Waals surface area contributed by atoms with Crippen LogP contribution in [0.1, 0.15) is 13.3 Å². The first-order valence-corrected chi connectivity index (χ1v) is 6.28. The molecule has 1 atom stereocenters. The average molecular weight is 297 g/mol. The number of non-ortho nitro benzene ring substituents is 1. The minimum absolute atomic E-state index is 0.0999. The molecule has 0 fully saturated rings. The molecule has 21 heavy (non-hydrogen) atoms. The van der Waals surface area contributed by atoms with Crippen molar-refractivity contribution in [2.75, 3.05) is 20.8 Å². The molecule has 0 saturated carbocycles. The van der Waals surface area contributed by atoms with Crippen molar-refractivity contribution in [2.45, 2.75) is 18.9 Å². The lowest BCUT2D eigenvalue weighted by atomic mass is 9.98. The fourth-order valence-electron chi connectivity index (χ4n) is 1.63. The number of primary amides is 1. The first-order valence-electron chi connectivity index (χ1n) is 6.28. The second-order valence-corrected chi connectivity index (χ2v) is 4.64. The maximum atomic E-state index is 11.4. The van der Waals surface area contributed by atoms with Crippen LogP contribution in [-0.2, 0) is 4.79 Å². The summed E-state index contributed by atoms with van der Waals surface area (Å²) < 4.78 is 10.6. The van der Waals surface area contributed by atoms with Crippen molar-refractivity contribution < 1.29 is 19.2 Å². The molecule has 1 amide bonds. The first-order chi connectivity index (χ1) is 9.84. The molecule has 8 nitrogen and oxygen atoms in total. The number of benzene rings is 1. The monoisotopic (exact) mass is 297 g/mol. The van der Waals surface area contributed by atoms with Gasteiger partial charge in [0.05, 0.1) is 30.2 Å². The molecule has 1 unspecified atom stereocenters. The van der Waals surface area contributed by atoms with Crippen molar-refractivity contribution in [2.24, 2.45) is 5.73 Å². The number of nitrogens with zero attached hydrogens (tertiary/aromatic N) is 1. The van der Waals surface area contributed by atoms with Crippen LogP contribution in [0.5, 0.6) is 11.5 Å². The van der Waals surface area contributed by atoms with Crippen LogP contribution in [0.2, 0.25) is 0 Å². The summed E-state index contributed by atoms with van der Waals surface area (Å²) in [6.45, 7) is 1.81. The number of methoxy groups -OCH3 is 1. The molecule has 0 aromatic heterocycles. The second-order valence-electron chi connectivity index (χ2n) is 4.64. The zero-order valence-corrected chi connectivity index (χ0v) is 12.2. The normalized spacial score (nSPS) is 13.3. The Labute approximate surface area is 122 Å². The second kappa shape index (κ2) is 6.89. The van der Waals surface area contributed by atoms with E-state index in [1.165, 1.54) is 25.3 Å². The molecule has 0 aliphatic carbocycles. The number of likely N-dealkylation sites (N-methyl/N-ethyl adjacent to an activating group) is 1. The summed E-state index contributed by atoms with van der Waals surface area (Å²) in [7, 11) is 3.06. The van der Waals surface area contributed by atoms with Crippen LogP contribution in [0.4, 0.5) is 5.69 Å². The molecule has 1 aromatic rings. The maximum Gasteiger partial charge on any atom is 0.273 e. The van der Waals surface area contributed by atoms with Gasteiger partial charge in [-0.05, 0) is 20.0 Å². The maximum absolute atomic E-state index is 11.4. The van der Waals surface area contributed by atoms with Crippen LogP contribution in [0.3, 0.4) is 0 Å². The Morgan fingerprint density at radius 3 is 2.62 bits per heavy atom. The molecule has 0 bridgehead atoms. The van der Waals surface area contributed by atoms with Crippen LogP contribution in [-0.4, -0.2) is 37.1 Å². The molecule has 0 saturated heterocycles. The van der Waals surface area contributed by atoms with E-state index in [0.29, 0.717) is 12.2 Å². The summed E-state index contributed by atoms with van der Waals surface area (Å²) in [5.74, 6) is 0.125. The molecular formula is C13H19N3O5. The summed E-state index contributed by atoms with van der Waals surface area (Å²) in [6.07, 6.45) is 0.310. The third-order valence-electron chi connectivity index (χ3n) is 3.31. The van der Waals surface area contributed by atoms with Gasteiger partial charge in [0.25, 0.3) is 5.69 Å². The van der Waals surface area contributed by atoms with Gasteiger partial charge in [-0.15, -0.1) is 0 Å². The van der Waals surface area contributed by atoms with Crippen LogP contribution in [0.15, 0.2) is 18.2 Å². The Hall–Kier alpha value is -2.35. The molecule has 1 rings (SSSR count). The van der Waals surface area contributed by atoms with Crippen molar-refractivity contribution in [1.29, 1.82) is 0 Å². The van der Waals surface area contributed by atoms with E-state index in [9.17, 15) is 14.9 Å². The number of nitro benzene ring substituents is 1. The number of hydrogen-bond donors (Lipinski definition) is 2. The summed E-state index contributed by atoms with van der Waals surface area (Å²) in [4.78, 5) is 21.6. The van der Waals surface area contributed by atoms with Gasteiger partial charge in [-0.1, -0.05) is 0 Å². The molecule has 1 aromatic carbocycles. The molecule has 116 valence electrons. The van der Waals surface area contributed by atoms with Gasteiger partial charge in [-0.2, -0.15) is 0 Å². The fraction of sp³-hybridized carbons (Fsp3) is 0.462. The summed E-state index contributed by atoms with van der Waals surface area (Å²) in [6, 6.07) is 4.06. The molecule has 0 aliphatic heterocycles. The van der Waals surface area contributed by atoms with E-state index in [0.717, 1.165) is 0 Å². The average Bonchev–Trinajstić information content (AvgIpc) is 2.46. The smallest absolute Gasteiger partial charge is 0.273 e. The quantitative estimate of drug-likeness (QED) is 0.542. The largest absolute Gasteiger partial charge is 0.493 e. The molecule has 3 N–H and O–H groups in total. The third kappa shape index (κ3) is 4.06. The summed E-state index contributed by atoms with van der Waals surface area (Å²) in [5, 5.41) is 13.6. The van der Waals surface area contributed by atoms with Gasteiger partial charge in [-0.3, -0.25) is 14.9 Å². The molecular weight excluding hydrogens is 278 g/mol. The van der Waals surface area contributed by atoms with Crippen molar-refractivity contribution in [3.8, 4) is 11.5 Å². The van der Waals surface area contributed by atoms with Gasteiger partial charge in [0.15, 0.2) is 11.5 Å². The molecule has 0 aliphatic rings. The van der Waals surface area contributed by atoms with Gasteiger partial charge in [0, 0.05) is 12.5 Å². The van der Waals surface area contributed by atoms with E-state index in [4.69, 9.17) is 15.2 Å². The van der Waals surface area contributed by atoms with Crippen molar-refractivity contribution >= 4 is 11.6 Å². The van der Waals surface area contributed by atoms with Crippen LogP contribution in [0, 0.1) is 10.1 Å². The van der Waals surface area contributed by atoms with Gasteiger partial charge < -0.3 is 20.5 Å². The Balaban J connectivity index is 2.81. The Morgan fingerprint density at radius 1 is 1.48 bits per heavy atom. The summed E-state index contributed by atoms with van der Waals surface area (Å²) in [5.41, 5.74) is 4.30. The number of nitro groups is 1. The molecule has 0 spiro atoms. The fourth-order valence-corrected chi connectivity index (χ4v) is 1.63. The number of carbonyl (C=O) groups is 1. The highest BCUT2D eigenvalue weighted by Crippen LogP contribution is 2.31. The van der Waals surface area contributed by atoms with E-state index in [2.05, 4.69) is 5.32 Å². The van der Waals surface area contributed by atoms with Crippen LogP contribution >= 0.6 is 0 Å². The van der Waals surface area contributed by atoms with E-state index in [-0.39, 0.29) is 18.0 Å². The SMILES string of the molecule is CNC(C)(CCOc1cc([N+](=O)[O-])ccc1OC)C(N)=O. The van der Waals surface area contributed by atoms with Crippen molar-refractivity contribution in [1.82, 2.24) is 5.32 Å². The number of amides is 1. The molecule has 0 radical (unpaired) electrons. The highest BCUT2D eigenvalue weighted by Gasteiger charge is 2.28. The van der Waals surface area contributed by atoms with E-state index < -0.39 is 16.4 Å². The number of nitrogens with one attached hydrogen (secondary N) is 1. The first kappa shape index (κ1) is 16.7. The van der Waals surface area contributed by atoms with Gasteiger partial charge in [-0.25, -0.2) is 0 Å². The van der Waals surface area contributed by atoms with Crippen LogP contribution < -0.4 is 20.5 Å². The highest BCUT2D eigenvalue weighted by atomic mass is 16.6. The predicted molar refractivity (Wildman–Crippen MR) is 76.4 cm³/mol. The zero-order chi connectivity index (χ0) is 16.0. The predicted octanol–water partition coefficient (Wildman–Crippen LogP) is 0.836. The highest BCUT2D eigenvalue weighted by molar-refractivity contribution is 5.84. The molecule has 0 heterocycles. The lowest BCUT2D eigenvalue weighted by molar-refractivity contribution is -0.385. The number of carbonyl (C=O) groups excluding carboxylic acids is 1. The summed E-state index contributed by atoms with van der Waals surface area (Å²) >= 11 is 0. The van der Waals surface area contributed by atoms with Crippen molar-refractivity contribution in [3.05, 3.63) is 28.3 Å². The minimum atomic E-state index is -0.909. The molecule has 8 heteroatoms. The Morgan fingerprint density at radius 2 is 2.14 bits per heavy atom. The van der Waals surface area contributed by atoms with Gasteiger partial charge in [0.1, 0.15) is 0 Å². The lowest BCUT2D eigenvalue weighted by Gasteiger charge is -2.25. The Bertz CT molecular complexity index is 535. The number of nitrogens with two attached hydrogens (primary N) is 1. The number of hydrogen-bond acceptors (Lipinski definition) is 6.